The lowest BCUT2D eigenvalue weighted by Crippen LogP contribution is -2.53. The van der Waals surface area contributed by atoms with Crippen molar-refractivity contribution in [3.05, 3.63) is 78.1 Å². The van der Waals surface area contributed by atoms with Crippen LogP contribution in [0.15, 0.2) is 66.9 Å². The Labute approximate surface area is 219 Å². The number of nitrogens with one attached hydrogen (secondary N) is 1. The summed E-state index contributed by atoms with van der Waals surface area (Å²) in [4.78, 5) is 31.6. The Morgan fingerprint density at radius 3 is 2.66 bits per heavy atom. The van der Waals surface area contributed by atoms with Gasteiger partial charge in [0, 0.05) is 24.9 Å². The number of likely N-dealkylation sites (N-methyl/N-ethyl adjacent to an activating group) is 1. The molecule has 2 aliphatic rings. The number of carbonyl (C=O) groups excluding carboxylic acids is 2. The second kappa shape index (κ2) is 9.81. The third kappa shape index (κ3) is 5.46. The van der Waals surface area contributed by atoms with E-state index in [1.807, 2.05) is 18.2 Å². The topological polar surface area (TPSA) is 135 Å². The molecule has 0 spiro atoms. The highest BCUT2D eigenvalue weighted by Gasteiger charge is 2.46. The van der Waals surface area contributed by atoms with Crippen molar-refractivity contribution in [2.45, 2.75) is 11.6 Å². The number of aliphatic hydroxyl groups is 1. The van der Waals surface area contributed by atoms with Crippen molar-refractivity contribution in [3.63, 3.8) is 0 Å². The van der Waals surface area contributed by atoms with E-state index in [2.05, 4.69) is 22.1 Å². The SMILES string of the molecule is CN1C(=O)C(NC(=O)c2cc(Oc3ccccc3)ccn2)COc2ccc(C#CC3(O)CS(=O)(=O)C3)cc21. The van der Waals surface area contributed by atoms with E-state index in [-0.39, 0.29) is 12.3 Å². The minimum Gasteiger partial charge on any atom is -0.489 e. The van der Waals surface area contributed by atoms with E-state index in [1.165, 1.54) is 17.2 Å². The fraction of sp³-hybridized carbons (Fsp3) is 0.222. The average molecular weight is 534 g/mol. The number of sulfone groups is 1. The maximum atomic E-state index is 13.2. The zero-order valence-corrected chi connectivity index (χ0v) is 21.1. The summed E-state index contributed by atoms with van der Waals surface area (Å²) >= 11 is 0. The molecular formula is C27H23N3O7S. The molecule has 1 unspecified atom stereocenters. The van der Waals surface area contributed by atoms with Crippen LogP contribution in [0.1, 0.15) is 16.1 Å². The van der Waals surface area contributed by atoms with Crippen molar-refractivity contribution < 1.29 is 32.6 Å². The summed E-state index contributed by atoms with van der Waals surface area (Å²) in [6.45, 7) is -0.106. The van der Waals surface area contributed by atoms with E-state index >= 15 is 0 Å². The highest BCUT2D eigenvalue weighted by atomic mass is 32.2. The highest BCUT2D eigenvalue weighted by Crippen LogP contribution is 2.32. The zero-order valence-electron chi connectivity index (χ0n) is 20.2. The largest absolute Gasteiger partial charge is 0.489 e. The number of hydrogen-bond acceptors (Lipinski definition) is 8. The smallest absolute Gasteiger partial charge is 0.270 e. The standard InChI is InChI=1S/C27H23N3O7S/c1-30-23-13-18(9-11-27(33)16-38(34,35)17-27)7-8-24(23)36-15-22(26(30)32)29-25(31)21-14-20(10-12-28-21)37-19-5-3-2-4-6-19/h2-8,10,12-14,22,33H,15-17H2,1H3,(H,29,31). The molecule has 3 heterocycles. The highest BCUT2D eigenvalue weighted by molar-refractivity contribution is 7.93. The molecule has 10 nitrogen and oxygen atoms in total. The molecule has 2 aromatic carbocycles. The Kier molecular flexibility index (Phi) is 6.52. The first-order chi connectivity index (χ1) is 18.1. The first-order valence-electron chi connectivity index (χ1n) is 11.6. The van der Waals surface area contributed by atoms with Crippen LogP contribution in [0.25, 0.3) is 0 Å². The fourth-order valence-electron chi connectivity index (χ4n) is 4.08. The van der Waals surface area contributed by atoms with Crippen molar-refractivity contribution in [1.82, 2.24) is 10.3 Å². The van der Waals surface area contributed by atoms with Crippen LogP contribution in [0.4, 0.5) is 5.69 Å². The molecular weight excluding hydrogens is 510 g/mol. The molecule has 2 N–H and O–H groups in total. The van der Waals surface area contributed by atoms with Gasteiger partial charge in [0.05, 0.1) is 17.2 Å². The lowest BCUT2D eigenvalue weighted by Gasteiger charge is -2.30. The Bertz CT molecular complexity index is 1570. The minimum atomic E-state index is -3.25. The van der Waals surface area contributed by atoms with Gasteiger partial charge in [0.25, 0.3) is 11.8 Å². The van der Waals surface area contributed by atoms with Crippen molar-refractivity contribution >= 4 is 27.3 Å². The molecule has 5 rings (SSSR count). The van der Waals surface area contributed by atoms with Crippen LogP contribution in [0.5, 0.6) is 17.2 Å². The first-order valence-corrected chi connectivity index (χ1v) is 13.4. The monoisotopic (exact) mass is 533 g/mol. The molecule has 0 saturated carbocycles. The van der Waals surface area contributed by atoms with Gasteiger partial charge in [-0.15, -0.1) is 0 Å². The maximum absolute atomic E-state index is 13.2. The predicted molar refractivity (Wildman–Crippen MR) is 138 cm³/mol. The number of anilines is 1. The Balaban J connectivity index is 1.28. The normalized spacial score (nSPS) is 18.9. The molecule has 1 fully saturated rings. The summed E-state index contributed by atoms with van der Waals surface area (Å²) in [5.74, 6) is 5.00. The summed E-state index contributed by atoms with van der Waals surface area (Å²) in [5, 5.41) is 12.9. The van der Waals surface area contributed by atoms with E-state index in [1.54, 1.807) is 43.4 Å². The van der Waals surface area contributed by atoms with Crippen LogP contribution in [0, 0.1) is 11.8 Å². The number of hydrogen-bond donors (Lipinski definition) is 2. The summed E-state index contributed by atoms with van der Waals surface area (Å²) in [7, 11) is -1.71. The number of amides is 2. The second-order valence-electron chi connectivity index (χ2n) is 9.02. The lowest BCUT2D eigenvalue weighted by molar-refractivity contribution is -0.120. The van der Waals surface area contributed by atoms with Crippen LogP contribution in [0.3, 0.4) is 0 Å². The molecule has 1 saturated heterocycles. The zero-order chi connectivity index (χ0) is 26.9. The van der Waals surface area contributed by atoms with Gasteiger partial charge in [-0.1, -0.05) is 30.0 Å². The number of rotatable bonds is 4. The van der Waals surface area contributed by atoms with Crippen LogP contribution < -0.4 is 19.7 Å². The number of benzene rings is 2. The van der Waals surface area contributed by atoms with E-state index in [0.717, 1.165) is 0 Å². The Hall–Kier alpha value is -4.40. The molecule has 0 radical (unpaired) electrons. The Morgan fingerprint density at radius 1 is 1.16 bits per heavy atom. The molecule has 2 aliphatic heterocycles. The van der Waals surface area contributed by atoms with Crippen molar-refractivity contribution in [2.24, 2.45) is 0 Å². The third-order valence-corrected chi connectivity index (χ3v) is 7.79. The molecule has 38 heavy (non-hydrogen) atoms. The molecule has 1 atom stereocenters. The molecule has 0 aliphatic carbocycles. The van der Waals surface area contributed by atoms with E-state index < -0.39 is 44.8 Å². The Morgan fingerprint density at radius 2 is 1.92 bits per heavy atom. The van der Waals surface area contributed by atoms with Gasteiger partial charge in [-0.3, -0.25) is 14.6 Å². The number of aromatic nitrogens is 1. The first kappa shape index (κ1) is 25.3. The van der Waals surface area contributed by atoms with Crippen molar-refractivity contribution in [3.8, 4) is 29.1 Å². The van der Waals surface area contributed by atoms with Gasteiger partial charge in [-0.05, 0) is 36.4 Å². The number of fused-ring (bicyclic) bond motifs is 1. The van der Waals surface area contributed by atoms with Crippen LogP contribution >= 0.6 is 0 Å². The van der Waals surface area contributed by atoms with E-state index in [4.69, 9.17) is 9.47 Å². The summed E-state index contributed by atoms with van der Waals surface area (Å²) in [6.07, 6.45) is 1.44. The van der Waals surface area contributed by atoms with Gasteiger partial charge < -0.3 is 24.8 Å². The molecule has 11 heteroatoms. The molecule has 0 bridgehead atoms. The van der Waals surface area contributed by atoms with E-state index in [9.17, 15) is 23.1 Å². The molecule has 3 aromatic rings. The average Bonchev–Trinajstić information content (AvgIpc) is 2.99. The van der Waals surface area contributed by atoms with Crippen LogP contribution in [-0.2, 0) is 14.6 Å². The van der Waals surface area contributed by atoms with Crippen molar-refractivity contribution in [1.29, 1.82) is 0 Å². The fourth-order valence-corrected chi connectivity index (χ4v) is 5.60. The van der Waals surface area contributed by atoms with E-state index in [0.29, 0.717) is 28.5 Å². The summed E-state index contributed by atoms with van der Waals surface area (Å²) in [5.41, 5.74) is -0.615. The van der Waals surface area contributed by atoms with Gasteiger partial charge >= 0.3 is 0 Å². The quantitative estimate of drug-likeness (QED) is 0.483. The predicted octanol–water partition coefficient (Wildman–Crippen LogP) is 1.54. The number of carbonyl (C=O) groups is 2. The maximum Gasteiger partial charge on any atom is 0.270 e. The number of pyridine rings is 1. The van der Waals surface area contributed by atoms with Crippen LogP contribution in [-0.4, -0.2) is 67.1 Å². The number of para-hydroxylation sites is 1. The molecule has 2 amide bonds. The molecule has 1 aromatic heterocycles. The van der Waals surface area contributed by atoms with Gasteiger partial charge in [0.1, 0.15) is 35.6 Å². The summed E-state index contributed by atoms with van der Waals surface area (Å²) in [6, 6.07) is 16.1. The third-order valence-electron chi connectivity index (χ3n) is 5.96. The minimum absolute atomic E-state index is 0.0733. The van der Waals surface area contributed by atoms with Crippen molar-refractivity contribution in [2.75, 3.05) is 30.1 Å². The van der Waals surface area contributed by atoms with Gasteiger partial charge in [-0.25, -0.2) is 8.42 Å². The van der Waals surface area contributed by atoms with Crippen LogP contribution in [0.2, 0.25) is 0 Å². The van der Waals surface area contributed by atoms with Gasteiger partial charge in [0.2, 0.25) is 0 Å². The lowest BCUT2D eigenvalue weighted by atomic mass is 10.1. The number of ether oxygens (including phenoxy) is 2. The number of nitrogens with zero attached hydrogens (tertiary/aromatic N) is 2. The second-order valence-corrected chi connectivity index (χ2v) is 11.1. The molecule has 194 valence electrons. The van der Waals surface area contributed by atoms with Gasteiger partial charge in [-0.2, -0.15) is 0 Å². The summed E-state index contributed by atoms with van der Waals surface area (Å²) < 4.78 is 34.3. The van der Waals surface area contributed by atoms with Gasteiger partial charge in [0.15, 0.2) is 15.4 Å².